The van der Waals surface area contributed by atoms with Crippen LogP contribution in [-0.4, -0.2) is 30.8 Å². The summed E-state index contributed by atoms with van der Waals surface area (Å²) in [7, 11) is 0. The van der Waals surface area contributed by atoms with Crippen molar-refractivity contribution < 1.29 is 18.9 Å². The zero-order valence-corrected chi connectivity index (χ0v) is 14.8. The Balaban J connectivity index is 1.62. The number of hydrogen-bond donors (Lipinski definition) is 0. The highest BCUT2D eigenvalue weighted by atomic mass is 35.5. The Morgan fingerprint density at radius 1 is 0.739 bits per heavy atom. The highest BCUT2D eigenvalue weighted by Gasteiger charge is 2.56. The first-order valence-corrected chi connectivity index (χ1v) is 9.57. The highest BCUT2D eigenvalue weighted by Crippen LogP contribution is 2.69. The molecule has 0 fully saturated rings. The number of fused-ring (bicyclic) bond motifs is 2. The van der Waals surface area contributed by atoms with Crippen LogP contribution in [0, 0.1) is 0 Å². The van der Waals surface area contributed by atoms with Crippen LogP contribution in [-0.2, 0) is 0 Å². The lowest BCUT2D eigenvalue weighted by atomic mass is 10.3. The smallest absolute Gasteiger partial charge is 0.179 e. The molecular weight excluding hydrogens is 379 g/mol. The van der Waals surface area contributed by atoms with Crippen molar-refractivity contribution in [2.45, 2.75) is 4.33 Å². The van der Waals surface area contributed by atoms with Gasteiger partial charge in [-0.05, 0) is 0 Å². The summed E-state index contributed by atoms with van der Waals surface area (Å²) in [6, 6.07) is 0. The van der Waals surface area contributed by atoms with E-state index in [9.17, 15) is 0 Å². The van der Waals surface area contributed by atoms with Crippen molar-refractivity contribution in [1.29, 1.82) is 0 Å². The monoisotopic (exact) mass is 388 g/mol. The van der Waals surface area contributed by atoms with Crippen LogP contribution in [0.25, 0.3) is 11.1 Å². The summed E-state index contributed by atoms with van der Waals surface area (Å²) in [5.74, 6) is 2.98. The number of ether oxygens (including phenoxy) is 4. The molecular formula is C15H10Cl2O4S2. The second kappa shape index (κ2) is 4.96. The molecule has 120 valence electrons. The maximum absolute atomic E-state index is 6.55. The second-order valence-electron chi connectivity index (χ2n) is 5.23. The van der Waals surface area contributed by atoms with Crippen molar-refractivity contribution >= 4 is 57.0 Å². The van der Waals surface area contributed by atoms with Crippen LogP contribution in [0.3, 0.4) is 0 Å². The zero-order chi connectivity index (χ0) is 15.6. The molecule has 0 unspecified atom stereocenters. The summed E-state index contributed by atoms with van der Waals surface area (Å²) in [4.78, 5) is 1.86. The average Bonchev–Trinajstić information content (AvgIpc) is 2.94. The van der Waals surface area contributed by atoms with Crippen molar-refractivity contribution in [3.63, 3.8) is 0 Å². The van der Waals surface area contributed by atoms with E-state index < -0.39 is 4.33 Å². The van der Waals surface area contributed by atoms with E-state index in [1.807, 2.05) is 10.8 Å². The number of rotatable bonds is 2. The van der Waals surface area contributed by atoms with Gasteiger partial charge in [0, 0.05) is 21.9 Å². The summed E-state index contributed by atoms with van der Waals surface area (Å²) >= 11 is 16.2. The van der Waals surface area contributed by atoms with Gasteiger partial charge in [0.1, 0.15) is 26.4 Å². The van der Waals surface area contributed by atoms with Crippen molar-refractivity contribution in [1.82, 2.24) is 0 Å². The number of allylic oxidation sites excluding steroid dienone is 2. The van der Waals surface area contributed by atoms with Gasteiger partial charge >= 0.3 is 0 Å². The number of halogens is 2. The van der Waals surface area contributed by atoms with E-state index in [-0.39, 0.29) is 0 Å². The zero-order valence-electron chi connectivity index (χ0n) is 11.7. The minimum absolute atomic E-state index is 0.530. The summed E-state index contributed by atoms with van der Waals surface area (Å²) in [5.41, 5.74) is 1.74. The van der Waals surface area contributed by atoms with Crippen LogP contribution in [0.5, 0.6) is 23.0 Å². The van der Waals surface area contributed by atoms with Crippen LogP contribution in [0.2, 0.25) is 0 Å². The summed E-state index contributed by atoms with van der Waals surface area (Å²) in [5, 5.41) is 3.86. The normalized spacial score (nSPS) is 20.6. The minimum atomic E-state index is -1.03. The fourth-order valence-corrected chi connectivity index (χ4v) is 5.78. The Labute approximate surface area is 150 Å². The van der Waals surface area contributed by atoms with E-state index in [0.29, 0.717) is 26.4 Å². The maximum Gasteiger partial charge on any atom is 0.179 e. The van der Waals surface area contributed by atoms with E-state index >= 15 is 0 Å². The predicted octanol–water partition coefficient (Wildman–Crippen LogP) is 4.45. The van der Waals surface area contributed by atoms with Crippen LogP contribution in [0.15, 0.2) is 10.8 Å². The summed E-state index contributed by atoms with van der Waals surface area (Å²) in [6.45, 7) is 2.18. The Morgan fingerprint density at radius 2 is 1.17 bits per heavy atom. The molecule has 0 bridgehead atoms. The van der Waals surface area contributed by atoms with Crippen LogP contribution < -0.4 is 18.9 Å². The molecule has 4 heterocycles. The van der Waals surface area contributed by atoms with Gasteiger partial charge in [-0.25, -0.2) is 0 Å². The van der Waals surface area contributed by atoms with Crippen molar-refractivity contribution in [2.75, 3.05) is 26.4 Å². The fourth-order valence-electron chi connectivity index (χ4n) is 2.82. The van der Waals surface area contributed by atoms with E-state index in [0.717, 1.165) is 43.9 Å². The molecule has 3 aliphatic rings. The molecule has 0 radical (unpaired) electrons. The van der Waals surface area contributed by atoms with Crippen molar-refractivity contribution in [3.8, 4) is 23.0 Å². The van der Waals surface area contributed by atoms with Crippen molar-refractivity contribution in [2.24, 2.45) is 0 Å². The molecule has 0 saturated heterocycles. The molecule has 0 N–H and O–H groups in total. The Morgan fingerprint density at radius 3 is 1.65 bits per heavy atom. The van der Waals surface area contributed by atoms with Gasteiger partial charge < -0.3 is 18.9 Å². The van der Waals surface area contributed by atoms with Gasteiger partial charge in [0.05, 0.1) is 9.75 Å². The van der Waals surface area contributed by atoms with Crippen LogP contribution in [0.4, 0.5) is 0 Å². The molecule has 0 amide bonds. The third-order valence-electron chi connectivity index (χ3n) is 3.87. The Hall–Kier alpha value is -1.08. The van der Waals surface area contributed by atoms with Gasteiger partial charge in [0.15, 0.2) is 27.3 Å². The standard InChI is InChI=1S/C15H10Cl2O4S2/c16-15(17)9(13-11-7(5-22-13)18-1-3-20-11)10(15)14-12-8(6-23-14)19-2-4-21-12/h5-6H,1-4H2. The summed E-state index contributed by atoms with van der Waals surface area (Å²) < 4.78 is 21.7. The first-order valence-electron chi connectivity index (χ1n) is 7.06. The first kappa shape index (κ1) is 14.3. The lowest BCUT2D eigenvalue weighted by Crippen LogP contribution is -2.14. The minimum Gasteiger partial charge on any atom is -0.485 e. The summed E-state index contributed by atoms with van der Waals surface area (Å²) in [6.07, 6.45) is 0. The van der Waals surface area contributed by atoms with Gasteiger partial charge in [-0.1, -0.05) is 23.2 Å². The van der Waals surface area contributed by atoms with E-state index in [2.05, 4.69) is 0 Å². The molecule has 2 aromatic heterocycles. The van der Waals surface area contributed by atoms with Crippen LogP contribution in [0.1, 0.15) is 9.75 Å². The van der Waals surface area contributed by atoms with Gasteiger partial charge in [-0.15, -0.1) is 22.7 Å². The number of hydrogen-bond acceptors (Lipinski definition) is 6. The quantitative estimate of drug-likeness (QED) is 0.712. The third-order valence-corrected chi connectivity index (χ3v) is 6.54. The first-order chi connectivity index (χ1) is 11.2. The Kier molecular flexibility index (Phi) is 3.08. The van der Waals surface area contributed by atoms with Gasteiger partial charge in [-0.2, -0.15) is 0 Å². The molecule has 8 heteroatoms. The lowest BCUT2D eigenvalue weighted by Gasteiger charge is -2.15. The number of thiophene rings is 2. The molecule has 0 saturated carbocycles. The molecule has 0 atom stereocenters. The molecule has 0 spiro atoms. The second-order valence-corrected chi connectivity index (χ2v) is 8.32. The van der Waals surface area contributed by atoms with Crippen LogP contribution >= 0.6 is 45.9 Å². The molecule has 2 aromatic rings. The molecule has 2 aliphatic heterocycles. The molecule has 4 nitrogen and oxygen atoms in total. The van der Waals surface area contributed by atoms with E-state index in [4.69, 9.17) is 42.1 Å². The molecule has 5 rings (SSSR count). The molecule has 1 aliphatic carbocycles. The van der Waals surface area contributed by atoms with Gasteiger partial charge in [0.2, 0.25) is 0 Å². The largest absolute Gasteiger partial charge is 0.485 e. The SMILES string of the molecule is ClC1(Cl)C(c2scc3c2OCCO3)=C1c1scc2c1OCCO2. The van der Waals surface area contributed by atoms with Gasteiger partial charge in [-0.3, -0.25) is 0 Å². The van der Waals surface area contributed by atoms with E-state index in [1.165, 1.54) is 22.7 Å². The lowest BCUT2D eigenvalue weighted by molar-refractivity contribution is 0.173. The van der Waals surface area contributed by atoms with E-state index in [1.54, 1.807) is 0 Å². The molecule has 0 aromatic carbocycles. The highest BCUT2D eigenvalue weighted by molar-refractivity contribution is 7.14. The average molecular weight is 389 g/mol. The Bertz CT molecular complexity index is 770. The maximum atomic E-state index is 6.55. The third kappa shape index (κ3) is 2.02. The topological polar surface area (TPSA) is 36.9 Å². The molecule has 23 heavy (non-hydrogen) atoms. The van der Waals surface area contributed by atoms with Crippen molar-refractivity contribution in [3.05, 3.63) is 20.5 Å². The van der Waals surface area contributed by atoms with Gasteiger partial charge in [0.25, 0.3) is 0 Å². The number of alkyl halides is 2. The predicted molar refractivity (Wildman–Crippen MR) is 91.9 cm³/mol. The fraction of sp³-hybridized carbons (Fsp3) is 0.333.